The molecule has 0 aromatic heterocycles. The molecule has 0 aliphatic rings. The molecule has 13 heavy (non-hydrogen) atoms. The van der Waals surface area contributed by atoms with E-state index in [0.717, 1.165) is 19.5 Å². The molecule has 72 valence electrons. The van der Waals surface area contributed by atoms with Gasteiger partial charge in [-0.3, -0.25) is 0 Å². The van der Waals surface area contributed by atoms with E-state index < -0.39 is 0 Å². The quantitative estimate of drug-likeness (QED) is 0.649. The third-order valence-electron chi connectivity index (χ3n) is 1.93. The first-order valence-electron chi connectivity index (χ1n) is 4.78. The van der Waals surface area contributed by atoms with Gasteiger partial charge in [0.25, 0.3) is 0 Å². The van der Waals surface area contributed by atoms with Crippen molar-refractivity contribution in [2.75, 3.05) is 13.1 Å². The van der Waals surface area contributed by atoms with Gasteiger partial charge in [0.15, 0.2) is 0 Å². The zero-order valence-corrected chi connectivity index (χ0v) is 10.2. The van der Waals surface area contributed by atoms with E-state index in [4.69, 9.17) is 0 Å². The van der Waals surface area contributed by atoms with Crippen molar-refractivity contribution in [2.45, 2.75) is 19.8 Å². The Morgan fingerprint density at radius 1 is 1.15 bits per heavy atom. The van der Waals surface area contributed by atoms with Crippen LogP contribution in [-0.4, -0.2) is 13.1 Å². The van der Waals surface area contributed by atoms with Crippen LogP contribution in [-0.2, 0) is 6.42 Å². The first-order valence-corrected chi connectivity index (χ1v) is 5.86. The molecule has 0 spiro atoms. The van der Waals surface area contributed by atoms with Gasteiger partial charge in [-0.1, -0.05) is 19.1 Å². The Morgan fingerprint density at radius 2 is 1.85 bits per heavy atom. The maximum atomic E-state index is 3.40. The Kier molecular flexibility index (Phi) is 5.39. The van der Waals surface area contributed by atoms with E-state index >= 15 is 0 Å². The Bertz CT molecular complexity index is 230. The van der Waals surface area contributed by atoms with Crippen LogP contribution in [0.1, 0.15) is 18.9 Å². The van der Waals surface area contributed by atoms with Crippen LogP contribution in [0, 0.1) is 3.57 Å². The molecule has 0 fully saturated rings. The average Bonchev–Trinajstić information content (AvgIpc) is 2.15. The second-order valence-corrected chi connectivity index (χ2v) is 4.37. The number of benzene rings is 1. The smallest absolute Gasteiger partial charge is 0.0130 e. The predicted octanol–water partition coefficient (Wildman–Crippen LogP) is 2.83. The monoisotopic (exact) mass is 289 g/mol. The molecule has 0 saturated carbocycles. The highest BCUT2D eigenvalue weighted by Crippen LogP contribution is 2.06. The van der Waals surface area contributed by atoms with E-state index in [1.165, 1.54) is 15.6 Å². The summed E-state index contributed by atoms with van der Waals surface area (Å²) in [5, 5.41) is 3.40. The van der Waals surface area contributed by atoms with Crippen molar-refractivity contribution in [3.05, 3.63) is 33.4 Å². The zero-order chi connectivity index (χ0) is 9.52. The molecule has 0 bridgehead atoms. The molecule has 1 rings (SSSR count). The van der Waals surface area contributed by atoms with Crippen LogP contribution >= 0.6 is 22.6 Å². The van der Waals surface area contributed by atoms with Gasteiger partial charge in [-0.2, -0.15) is 0 Å². The van der Waals surface area contributed by atoms with E-state index in [2.05, 4.69) is 59.1 Å². The summed E-state index contributed by atoms with van der Waals surface area (Å²) in [6.45, 7) is 4.41. The van der Waals surface area contributed by atoms with E-state index in [9.17, 15) is 0 Å². The van der Waals surface area contributed by atoms with E-state index in [0.29, 0.717) is 0 Å². The molecule has 1 aromatic rings. The Labute approximate surface area is 94.1 Å². The van der Waals surface area contributed by atoms with Crippen molar-refractivity contribution >= 4 is 22.6 Å². The molecule has 0 atom stereocenters. The van der Waals surface area contributed by atoms with Crippen LogP contribution < -0.4 is 5.32 Å². The SMILES string of the molecule is CCCNCCc1ccc(I)cc1. The van der Waals surface area contributed by atoms with Crippen LogP contribution in [0.3, 0.4) is 0 Å². The standard InChI is InChI=1S/C11H16IN/c1-2-8-13-9-7-10-3-5-11(12)6-4-10/h3-6,13H,2,7-9H2,1H3. The third kappa shape index (κ3) is 4.62. The fourth-order valence-corrected chi connectivity index (χ4v) is 1.55. The summed E-state index contributed by atoms with van der Waals surface area (Å²) in [6, 6.07) is 8.73. The van der Waals surface area contributed by atoms with Gasteiger partial charge in [0.1, 0.15) is 0 Å². The Hall–Kier alpha value is -0.0900. The van der Waals surface area contributed by atoms with Gasteiger partial charge in [-0.15, -0.1) is 0 Å². The molecule has 0 unspecified atom stereocenters. The van der Waals surface area contributed by atoms with Crippen molar-refractivity contribution in [2.24, 2.45) is 0 Å². The van der Waals surface area contributed by atoms with Gasteiger partial charge in [-0.05, 0) is 66.2 Å². The van der Waals surface area contributed by atoms with Gasteiger partial charge in [-0.25, -0.2) is 0 Å². The Morgan fingerprint density at radius 3 is 2.46 bits per heavy atom. The zero-order valence-electron chi connectivity index (χ0n) is 8.02. The molecule has 1 N–H and O–H groups in total. The summed E-state index contributed by atoms with van der Waals surface area (Å²) in [6.07, 6.45) is 2.35. The molecule has 0 aliphatic heterocycles. The normalized spacial score (nSPS) is 10.3. The van der Waals surface area contributed by atoms with E-state index in [1.807, 2.05) is 0 Å². The van der Waals surface area contributed by atoms with Gasteiger partial charge >= 0.3 is 0 Å². The highest BCUT2D eigenvalue weighted by atomic mass is 127. The van der Waals surface area contributed by atoms with Crippen molar-refractivity contribution in [1.82, 2.24) is 5.32 Å². The minimum Gasteiger partial charge on any atom is -0.316 e. The molecule has 1 aromatic carbocycles. The van der Waals surface area contributed by atoms with Crippen LogP contribution in [0.15, 0.2) is 24.3 Å². The summed E-state index contributed by atoms with van der Waals surface area (Å²) in [5.74, 6) is 0. The fraction of sp³-hybridized carbons (Fsp3) is 0.455. The topological polar surface area (TPSA) is 12.0 Å². The summed E-state index contributed by atoms with van der Waals surface area (Å²) in [4.78, 5) is 0. The van der Waals surface area contributed by atoms with Crippen molar-refractivity contribution < 1.29 is 0 Å². The van der Waals surface area contributed by atoms with Crippen molar-refractivity contribution in [3.63, 3.8) is 0 Å². The Balaban J connectivity index is 2.25. The summed E-state index contributed by atoms with van der Waals surface area (Å²) in [5.41, 5.74) is 1.42. The largest absolute Gasteiger partial charge is 0.316 e. The number of rotatable bonds is 5. The van der Waals surface area contributed by atoms with Crippen LogP contribution in [0.4, 0.5) is 0 Å². The van der Waals surface area contributed by atoms with E-state index in [-0.39, 0.29) is 0 Å². The third-order valence-corrected chi connectivity index (χ3v) is 2.65. The number of hydrogen-bond donors (Lipinski definition) is 1. The van der Waals surface area contributed by atoms with Crippen LogP contribution in [0.5, 0.6) is 0 Å². The molecule has 0 amide bonds. The molecule has 0 aliphatic carbocycles. The summed E-state index contributed by atoms with van der Waals surface area (Å²) in [7, 11) is 0. The first kappa shape index (κ1) is 11.0. The van der Waals surface area contributed by atoms with Gasteiger partial charge in [0.2, 0.25) is 0 Å². The molecular weight excluding hydrogens is 273 g/mol. The van der Waals surface area contributed by atoms with E-state index in [1.54, 1.807) is 0 Å². The number of hydrogen-bond acceptors (Lipinski definition) is 1. The summed E-state index contributed by atoms with van der Waals surface area (Å²) < 4.78 is 1.31. The van der Waals surface area contributed by atoms with Gasteiger partial charge in [0, 0.05) is 3.57 Å². The lowest BCUT2D eigenvalue weighted by Crippen LogP contribution is -2.17. The highest BCUT2D eigenvalue weighted by Gasteiger charge is 1.91. The second kappa shape index (κ2) is 6.38. The first-order chi connectivity index (χ1) is 6.33. The van der Waals surface area contributed by atoms with Gasteiger partial charge in [0.05, 0.1) is 0 Å². The highest BCUT2D eigenvalue weighted by molar-refractivity contribution is 14.1. The lowest BCUT2D eigenvalue weighted by atomic mass is 10.1. The maximum absolute atomic E-state index is 3.40. The molecular formula is C11H16IN. The number of halogens is 1. The van der Waals surface area contributed by atoms with Crippen molar-refractivity contribution in [3.8, 4) is 0 Å². The van der Waals surface area contributed by atoms with Gasteiger partial charge < -0.3 is 5.32 Å². The van der Waals surface area contributed by atoms with Crippen molar-refractivity contribution in [1.29, 1.82) is 0 Å². The molecule has 0 saturated heterocycles. The lowest BCUT2D eigenvalue weighted by Gasteiger charge is -2.02. The maximum Gasteiger partial charge on any atom is 0.0130 e. The average molecular weight is 289 g/mol. The predicted molar refractivity (Wildman–Crippen MR) is 66.0 cm³/mol. The number of nitrogens with one attached hydrogen (secondary N) is 1. The fourth-order valence-electron chi connectivity index (χ4n) is 1.19. The molecule has 2 heteroatoms. The molecule has 1 nitrogen and oxygen atoms in total. The lowest BCUT2D eigenvalue weighted by molar-refractivity contribution is 0.671. The minimum atomic E-state index is 1.09. The summed E-state index contributed by atoms with van der Waals surface area (Å²) >= 11 is 2.33. The van der Waals surface area contributed by atoms with Crippen LogP contribution in [0.25, 0.3) is 0 Å². The second-order valence-electron chi connectivity index (χ2n) is 3.13. The van der Waals surface area contributed by atoms with Crippen LogP contribution in [0.2, 0.25) is 0 Å². The molecule has 0 heterocycles. The molecule has 0 radical (unpaired) electrons. The minimum absolute atomic E-state index is 1.09.